The second-order valence-corrected chi connectivity index (χ2v) is 5.72. The van der Waals surface area contributed by atoms with E-state index in [0.717, 1.165) is 17.6 Å². The third-order valence-electron chi connectivity index (χ3n) is 4.36. The second-order valence-electron chi connectivity index (χ2n) is 5.72. The lowest BCUT2D eigenvalue weighted by atomic mass is 10.0. The minimum Gasteiger partial charge on any atom is -0.504 e. The van der Waals surface area contributed by atoms with E-state index >= 15 is 0 Å². The Hall–Kier alpha value is -2.49. The maximum absolute atomic E-state index is 11.9. The number of ether oxygens (including phenoxy) is 3. The molecule has 0 spiro atoms. The molecule has 1 aliphatic carbocycles. The molecule has 2 atom stereocenters. The first-order chi connectivity index (χ1) is 11.2. The van der Waals surface area contributed by atoms with Crippen molar-refractivity contribution < 1.29 is 19.0 Å². The highest BCUT2D eigenvalue weighted by Crippen LogP contribution is 2.52. The number of fused-ring (bicyclic) bond motifs is 1. The molecular weight excluding hydrogens is 292 g/mol. The molecule has 0 bridgehead atoms. The molecule has 0 amide bonds. The van der Waals surface area contributed by atoms with Crippen molar-refractivity contribution in [3.05, 3.63) is 53.8 Å². The van der Waals surface area contributed by atoms with Crippen LogP contribution in [0.15, 0.2) is 48.2 Å². The second kappa shape index (κ2) is 6.32. The Labute approximate surface area is 135 Å². The zero-order valence-electron chi connectivity index (χ0n) is 13.5. The summed E-state index contributed by atoms with van der Waals surface area (Å²) in [6.07, 6.45) is 2.44. The molecule has 4 heteroatoms. The Kier molecular flexibility index (Phi) is 4.24. The van der Waals surface area contributed by atoms with Crippen LogP contribution in [0.25, 0.3) is 10.8 Å². The molecule has 23 heavy (non-hydrogen) atoms. The lowest BCUT2D eigenvalue weighted by Gasteiger charge is -2.07. The molecule has 0 N–H and O–H groups in total. The van der Waals surface area contributed by atoms with Crippen LogP contribution in [-0.2, 0) is 14.3 Å². The van der Waals surface area contributed by atoms with Gasteiger partial charge < -0.3 is 14.2 Å². The summed E-state index contributed by atoms with van der Waals surface area (Å²) in [6.45, 7) is 0. The smallest absolute Gasteiger partial charge is 0.337 e. The Morgan fingerprint density at radius 3 is 2.52 bits per heavy atom. The van der Waals surface area contributed by atoms with Gasteiger partial charge in [0.25, 0.3) is 0 Å². The maximum Gasteiger partial charge on any atom is 0.337 e. The van der Waals surface area contributed by atoms with Crippen molar-refractivity contribution in [1.29, 1.82) is 0 Å². The van der Waals surface area contributed by atoms with Crippen molar-refractivity contribution >= 4 is 16.7 Å². The van der Waals surface area contributed by atoms with Gasteiger partial charge >= 0.3 is 5.97 Å². The van der Waals surface area contributed by atoms with E-state index in [1.807, 2.05) is 12.1 Å². The van der Waals surface area contributed by atoms with E-state index in [1.165, 1.54) is 24.3 Å². The molecule has 4 nitrogen and oxygen atoms in total. The van der Waals surface area contributed by atoms with Gasteiger partial charge in [-0.15, -0.1) is 0 Å². The lowest BCUT2D eigenvalue weighted by molar-refractivity contribution is -0.136. The van der Waals surface area contributed by atoms with E-state index < -0.39 is 0 Å². The Morgan fingerprint density at radius 2 is 1.83 bits per heavy atom. The number of benzene rings is 2. The molecule has 1 saturated carbocycles. The Balaban J connectivity index is 1.85. The predicted molar refractivity (Wildman–Crippen MR) is 88.5 cm³/mol. The normalized spacial score (nSPS) is 20.2. The average Bonchev–Trinajstić information content (AvgIpc) is 3.38. The van der Waals surface area contributed by atoms with E-state index in [1.54, 1.807) is 14.2 Å². The fourth-order valence-electron chi connectivity index (χ4n) is 3.04. The molecule has 2 aromatic carbocycles. The summed E-state index contributed by atoms with van der Waals surface area (Å²) in [5, 5.41) is 2.32. The van der Waals surface area contributed by atoms with Crippen LogP contribution in [0.4, 0.5) is 0 Å². The molecule has 2 aromatic rings. The van der Waals surface area contributed by atoms with Crippen LogP contribution in [0.1, 0.15) is 17.9 Å². The zero-order valence-corrected chi connectivity index (χ0v) is 13.5. The third-order valence-corrected chi connectivity index (χ3v) is 4.36. The molecule has 0 unspecified atom stereocenters. The van der Waals surface area contributed by atoms with Crippen molar-refractivity contribution in [2.45, 2.75) is 12.3 Å². The van der Waals surface area contributed by atoms with Crippen LogP contribution < -0.4 is 4.74 Å². The van der Waals surface area contributed by atoms with Crippen molar-refractivity contribution in [3.63, 3.8) is 0 Å². The van der Waals surface area contributed by atoms with E-state index in [0.29, 0.717) is 11.5 Å². The number of methoxy groups -OCH3 is 3. The van der Waals surface area contributed by atoms with Crippen LogP contribution in [0.3, 0.4) is 0 Å². The number of esters is 1. The van der Waals surface area contributed by atoms with Gasteiger partial charge in [-0.1, -0.05) is 24.3 Å². The van der Waals surface area contributed by atoms with Gasteiger partial charge in [-0.05, 0) is 40.8 Å². The highest BCUT2D eigenvalue weighted by Gasteiger charge is 2.44. The summed E-state index contributed by atoms with van der Waals surface area (Å²) in [4.78, 5) is 11.9. The molecule has 120 valence electrons. The number of hydrogen-bond acceptors (Lipinski definition) is 4. The SMILES string of the molecule is CO/C=C(/C(=O)OC)[C@@H]1C[C@@H]1c1ccc2cc(OC)ccc2c1. The lowest BCUT2D eigenvalue weighted by Crippen LogP contribution is -2.08. The van der Waals surface area contributed by atoms with Crippen LogP contribution >= 0.6 is 0 Å². The highest BCUT2D eigenvalue weighted by molar-refractivity contribution is 5.90. The minimum absolute atomic E-state index is 0.165. The van der Waals surface area contributed by atoms with Gasteiger partial charge in [0.2, 0.25) is 0 Å². The van der Waals surface area contributed by atoms with Crippen molar-refractivity contribution in [2.24, 2.45) is 5.92 Å². The van der Waals surface area contributed by atoms with Gasteiger partial charge in [0.15, 0.2) is 0 Å². The molecule has 0 aliphatic heterocycles. The van der Waals surface area contributed by atoms with Gasteiger partial charge in [-0.25, -0.2) is 4.79 Å². The standard InChI is InChI=1S/C19H20O4/c1-21-11-18(19(20)23-3)17-10-16(17)14-5-4-13-9-15(22-2)7-6-12(13)8-14/h4-9,11,16-17H,10H2,1-3H3/b18-11+/t16-,17-/m1/s1. The van der Waals surface area contributed by atoms with E-state index in [4.69, 9.17) is 14.2 Å². The molecule has 1 fully saturated rings. The number of carbonyl (C=O) groups excluding carboxylic acids is 1. The molecule has 3 rings (SSSR count). The molecule has 0 radical (unpaired) electrons. The van der Waals surface area contributed by atoms with Crippen molar-refractivity contribution in [2.75, 3.05) is 21.3 Å². The first kappa shape index (κ1) is 15.4. The van der Waals surface area contributed by atoms with Crippen LogP contribution in [-0.4, -0.2) is 27.3 Å². The summed E-state index contributed by atoms with van der Waals surface area (Å²) in [5.74, 6) is 1.04. The van der Waals surface area contributed by atoms with Crippen LogP contribution in [0.2, 0.25) is 0 Å². The number of carbonyl (C=O) groups is 1. The zero-order chi connectivity index (χ0) is 16.4. The predicted octanol–water partition coefficient (Wildman–Crippen LogP) is 3.66. The summed E-state index contributed by atoms with van der Waals surface area (Å²) >= 11 is 0. The summed E-state index contributed by atoms with van der Waals surface area (Å²) in [7, 11) is 4.61. The van der Waals surface area contributed by atoms with Crippen molar-refractivity contribution in [1.82, 2.24) is 0 Å². The van der Waals surface area contributed by atoms with Gasteiger partial charge in [0.1, 0.15) is 5.75 Å². The first-order valence-corrected chi connectivity index (χ1v) is 7.56. The maximum atomic E-state index is 11.9. The van der Waals surface area contributed by atoms with Gasteiger partial charge in [-0.3, -0.25) is 0 Å². The highest BCUT2D eigenvalue weighted by atomic mass is 16.5. The third kappa shape index (κ3) is 3.02. The monoisotopic (exact) mass is 312 g/mol. The largest absolute Gasteiger partial charge is 0.504 e. The van der Waals surface area contributed by atoms with Crippen LogP contribution in [0, 0.1) is 5.92 Å². The Morgan fingerprint density at radius 1 is 1.09 bits per heavy atom. The first-order valence-electron chi connectivity index (χ1n) is 7.56. The average molecular weight is 312 g/mol. The van der Waals surface area contributed by atoms with E-state index in [2.05, 4.69) is 24.3 Å². The van der Waals surface area contributed by atoms with Gasteiger partial charge in [0.05, 0.1) is 33.2 Å². The molecule has 1 aliphatic rings. The summed E-state index contributed by atoms with van der Waals surface area (Å²) in [5.41, 5.74) is 1.84. The molecule has 0 saturated heterocycles. The number of hydrogen-bond donors (Lipinski definition) is 0. The molecule has 0 heterocycles. The topological polar surface area (TPSA) is 44.8 Å². The van der Waals surface area contributed by atoms with Gasteiger partial charge in [0, 0.05) is 5.92 Å². The van der Waals surface area contributed by atoms with Gasteiger partial charge in [-0.2, -0.15) is 0 Å². The molecular formula is C19H20O4. The minimum atomic E-state index is -0.315. The number of rotatable bonds is 5. The van der Waals surface area contributed by atoms with E-state index in [9.17, 15) is 4.79 Å². The fourth-order valence-corrected chi connectivity index (χ4v) is 3.04. The van der Waals surface area contributed by atoms with Crippen molar-refractivity contribution in [3.8, 4) is 5.75 Å². The summed E-state index contributed by atoms with van der Waals surface area (Å²) in [6, 6.07) is 12.4. The molecule has 0 aromatic heterocycles. The van der Waals surface area contributed by atoms with Crippen LogP contribution in [0.5, 0.6) is 5.75 Å². The quantitative estimate of drug-likeness (QED) is 0.480. The summed E-state index contributed by atoms with van der Waals surface area (Å²) < 4.78 is 15.1. The van der Waals surface area contributed by atoms with E-state index in [-0.39, 0.29) is 11.9 Å². The Bertz CT molecular complexity index is 763. The fraction of sp³-hybridized carbons (Fsp3) is 0.316.